The van der Waals surface area contributed by atoms with Crippen LogP contribution in [0.1, 0.15) is 20.8 Å². The smallest absolute Gasteiger partial charge is 0.270 e. The molecule has 0 aromatic rings. The summed E-state index contributed by atoms with van der Waals surface area (Å²) in [6.45, 7) is 6.31. The maximum Gasteiger partial charge on any atom is 0.270 e. The minimum atomic E-state index is -0.194. The van der Waals surface area contributed by atoms with Crippen molar-refractivity contribution in [1.29, 1.82) is 0 Å². The number of hydrogen-bond donors (Lipinski definition) is 1. The van der Waals surface area contributed by atoms with E-state index in [-0.39, 0.29) is 11.3 Å². The molecule has 0 fully saturated rings. The van der Waals surface area contributed by atoms with Crippen molar-refractivity contribution in [2.75, 3.05) is 6.54 Å². The Kier molecular flexibility index (Phi) is 2.28. The van der Waals surface area contributed by atoms with Crippen LogP contribution in [0.5, 0.6) is 0 Å². The van der Waals surface area contributed by atoms with Crippen LogP contribution in [0.25, 0.3) is 0 Å². The minimum Gasteiger partial charge on any atom is -0.314 e. The first-order valence-electron chi connectivity index (χ1n) is 3.80. The maximum absolute atomic E-state index is 11.3. The van der Waals surface area contributed by atoms with E-state index in [0.717, 1.165) is 0 Å². The van der Waals surface area contributed by atoms with E-state index in [1.165, 1.54) is 0 Å². The van der Waals surface area contributed by atoms with E-state index in [4.69, 9.17) is 12.2 Å². The van der Waals surface area contributed by atoms with Gasteiger partial charge in [-0.25, -0.2) is 0 Å². The lowest BCUT2D eigenvalue weighted by molar-refractivity contribution is -0.114. The molecule has 3 nitrogen and oxygen atoms in total. The molecule has 1 heterocycles. The number of aliphatic imine (C=N–C) groups is 1. The first-order valence-corrected chi connectivity index (χ1v) is 4.21. The van der Waals surface area contributed by atoms with Gasteiger partial charge in [-0.15, -0.1) is 0 Å². The molecule has 0 unspecified atom stereocenters. The number of amides is 1. The summed E-state index contributed by atoms with van der Waals surface area (Å²) in [6.07, 6.45) is 0. The standard InChI is InChI=1S/C8H12N2OS/c1-8(2,3)6-7(11)10-5(12)4-9-6/h4H2,1-3H3,(H,10,11,12). The highest BCUT2D eigenvalue weighted by Gasteiger charge is 2.28. The minimum absolute atomic E-state index is 0.154. The number of nitrogens with one attached hydrogen (secondary N) is 1. The highest BCUT2D eigenvalue weighted by molar-refractivity contribution is 7.80. The Labute approximate surface area is 77.3 Å². The Balaban J connectivity index is 2.92. The third-order valence-corrected chi connectivity index (χ3v) is 1.79. The summed E-state index contributed by atoms with van der Waals surface area (Å²) in [5.41, 5.74) is 0.385. The lowest BCUT2D eigenvalue weighted by Crippen LogP contribution is -2.45. The number of carbonyl (C=O) groups is 1. The van der Waals surface area contributed by atoms with Crippen molar-refractivity contribution in [2.45, 2.75) is 20.8 Å². The van der Waals surface area contributed by atoms with E-state index >= 15 is 0 Å². The summed E-state index contributed by atoms with van der Waals surface area (Å²) < 4.78 is 0. The monoisotopic (exact) mass is 184 g/mol. The van der Waals surface area contributed by atoms with E-state index in [1.54, 1.807) is 0 Å². The Morgan fingerprint density at radius 3 is 2.50 bits per heavy atom. The highest BCUT2D eigenvalue weighted by atomic mass is 32.1. The molecule has 1 amide bonds. The average molecular weight is 184 g/mol. The van der Waals surface area contributed by atoms with E-state index in [2.05, 4.69) is 10.3 Å². The molecule has 12 heavy (non-hydrogen) atoms. The lowest BCUT2D eigenvalue weighted by Gasteiger charge is -2.23. The zero-order valence-corrected chi connectivity index (χ0v) is 8.29. The molecule has 1 rings (SSSR count). The number of carbonyl (C=O) groups excluding carboxylic acids is 1. The summed E-state index contributed by atoms with van der Waals surface area (Å²) >= 11 is 4.82. The first kappa shape index (κ1) is 9.32. The number of rotatable bonds is 0. The molecule has 0 saturated carbocycles. The van der Waals surface area contributed by atoms with Crippen LogP contribution in [0.2, 0.25) is 0 Å². The Bertz CT molecular complexity index is 263. The molecule has 0 aromatic heterocycles. The van der Waals surface area contributed by atoms with Crippen LogP contribution < -0.4 is 5.32 Å². The van der Waals surface area contributed by atoms with Gasteiger partial charge in [-0.1, -0.05) is 33.0 Å². The Hall–Kier alpha value is -0.770. The fourth-order valence-electron chi connectivity index (χ4n) is 1.03. The maximum atomic E-state index is 11.3. The van der Waals surface area contributed by atoms with Gasteiger partial charge in [-0.3, -0.25) is 9.79 Å². The predicted octanol–water partition coefficient (Wildman–Crippen LogP) is 0.931. The van der Waals surface area contributed by atoms with Crippen molar-refractivity contribution < 1.29 is 4.79 Å². The molecular weight excluding hydrogens is 172 g/mol. The quantitative estimate of drug-likeness (QED) is 0.569. The zero-order valence-electron chi connectivity index (χ0n) is 7.47. The van der Waals surface area contributed by atoms with Gasteiger partial charge in [0, 0.05) is 5.41 Å². The molecule has 0 spiro atoms. The van der Waals surface area contributed by atoms with Crippen molar-refractivity contribution in [1.82, 2.24) is 5.32 Å². The van der Waals surface area contributed by atoms with Gasteiger partial charge in [0.1, 0.15) is 10.7 Å². The number of hydrogen-bond acceptors (Lipinski definition) is 3. The van der Waals surface area contributed by atoms with Gasteiger partial charge in [0.2, 0.25) is 0 Å². The molecule has 0 radical (unpaired) electrons. The van der Waals surface area contributed by atoms with Gasteiger partial charge in [-0.05, 0) is 0 Å². The normalized spacial score (nSPS) is 18.8. The summed E-state index contributed by atoms with van der Waals surface area (Å²) in [5, 5.41) is 2.60. The fraction of sp³-hybridized carbons (Fsp3) is 0.625. The van der Waals surface area contributed by atoms with Crippen molar-refractivity contribution >= 4 is 28.8 Å². The van der Waals surface area contributed by atoms with Crippen molar-refractivity contribution in [3.05, 3.63) is 0 Å². The second-order valence-corrected chi connectivity index (χ2v) is 4.28. The third kappa shape index (κ3) is 1.88. The van der Waals surface area contributed by atoms with Crippen LogP contribution >= 0.6 is 12.2 Å². The first-order chi connectivity index (χ1) is 5.41. The van der Waals surface area contributed by atoms with Crippen LogP contribution in [0.15, 0.2) is 4.99 Å². The van der Waals surface area contributed by atoms with Crippen LogP contribution in [0.4, 0.5) is 0 Å². The largest absolute Gasteiger partial charge is 0.314 e. The molecule has 1 aliphatic heterocycles. The van der Waals surface area contributed by atoms with Crippen molar-refractivity contribution in [3.8, 4) is 0 Å². The fourth-order valence-corrected chi connectivity index (χ4v) is 1.18. The van der Waals surface area contributed by atoms with E-state index in [1.807, 2.05) is 20.8 Å². The van der Waals surface area contributed by atoms with Crippen LogP contribution in [0, 0.1) is 5.41 Å². The number of thiocarbonyl (C=S) groups is 1. The SMILES string of the molecule is CC(C)(C)C1=NCC(=S)NC1=O. The molecule has 4 heteroatoms. The Morgan fingerprint density at radius 1 is 1.50 bits per heavy atom. The van der Waals surface area contributed by atoms with E-state index in [0.29, 0.717) is 17.2 Å². The van der Waals surface area contributed by atoms with Gasteiger partial charge in [0.25, 0.3) is 5.91 Å². The molecular formula is C8H12N2OS. The molecule has 0 bridgehead atoms. The molecule has 1 N–H and O–H groups in total. The zero-order chi connectivity index (χ0) is 9.35. The van der Waals surface area contributed by atoms with Crippen molar-refractivity contribution in [3.63, 3.8) is 0 Å². The van der Waals surface area contributed by atoms with Gasteiger partial charge in [0.15, 0.2) is 0 Å². The van der Waals surface area contributed by atoms with Crippen LogP contribution in [0.3, 0.4) is 0 Å². The second kappa shape index (κ2) is 2.94. The second-order valence-electron chi connectivity index (χ2n) is 3.79. The number of nitrogens with zero attached hydrogens (tertiary/aromatic N) is 1. The van der Waals surface area contributed by atoms with E-state index < -0.39 is 0 Å². The van der Waals surface area contributed by atoms with Crippen LogP contribution in [-0.2, 0) is 4.79 Å². The highest BCUT2D eigenvalue weighted by Crippen LogP contribution is 2.17. The van der Waals surface area contributed by atoms with Gasteiger partial charge in [0.05, 0.1) is 6.54 Å². The van der Waals surface area contributed by atoms with Gasteiger partial charge < -0.3 is 5.32 Å². The third-order valence-electron chi connectivity index (χ3n) is 1.56. The molecule has 66 valence electrons. The Morgan fingerprint density at radius 2 is 2.08 bits per heavy atom. The van der Waals surface area contributed by atoms with Crippen molar-refractivity contribution in [2.24, 2.45) is 10.4 Å². The summed E-state index contributed by atoms with van der Waals surface area (Å²) in [5.74, 6) is -0.154. The lowest BCUT2D eigenvalue weighted by atomic mass is 9.89. The molecule has 1 aliphatic rings. The summed E-state index contributed by atoms with van der Waals surface area (Å²) in [6, 6.07) is 0. The van der Waals surface area contributed by atoms with Crippen LogP contribution in [-0.4, -0.2) is 23.2 Å². The average Bonchev–Trinajstić information content (AvgIpc) is 1.83. The van der Waals surface area contributed by atoms with E-state index in [9.17, 15) is 4.79 Å². The summed E-state index contributed by atoms with van der Waals surface area (Å²) in [7, 11) is 0. The van der Waals surface area contributed by atoms with Gasteiger partial charge in [-0.2, -0.15) is 0 Å². The molecule has 0 aliphatic carbocycles. The topological polar surface area (TPSA) is 41.5 Å². The molecule has 0 saturated heterocycles. The molecule has 0 atom stereocenters. The predicted molar refractivity (Wildman–Crippen MR) is 52.5 cm³/mol. The van der Waals surface area contributed by atoms with Gasteiger partial charge >= 0.3 is 0 Å². The summed E-state index contributed by atoms with van der Waals surface area (Å²) in [4.78, 5) is 16.0. The molecule has 0 aromatic carbocycles.